The number of methoxy groups -OCH3 is 2. The number of rotatable bonds is 7. The van der Waals surface area contributed by atoms with Gasteiger partial charge in [0.15, 0.2) is 5.78 Å². The minimum atomic E-state index is -0.0991. The van der Waals surface area contributed by atoms with Crippen molar-refractivity contribution in [3.8, 4) is 28.7 Å². The van der Waals surface area contributed by atoms with Gasteiger partial charge in [0.25, 0.3) is 0 Å². The largest absolute Gasteiger partial charge is 0.497 e. The van der Waals surface area contributed by atoms with Crippen molar-refractivity contribution in [3.63, 3.8) is 0 Å². The van der Waals surface area contributed by atoms with Gasteiger partial charge in [-0.3, -0.25) is 4.79 Å². The molecule has 0 saturated heterocycles. The fraction of sp³-hybridized carbons (Fsp3) is 0.200. The Morgan fingerprint density at radius 3 is 2.38 bits per heavy atom. The van der Waals surface area contributed by atoms with Crippen molar-refractivity contribution >= 4 is 5.78 Å². The van der Waals surface area contributed by atoms with Gasteiger partial charge >= 0.3 is 0 Å². The summed E-state index contributed by atoms with van der Waals surface area (Å²) in [6.07, 6.45) is 1.54. The zero-order valence-corrected chi connectivity index (χ0v) is 14.8. The number of ketones is 1. The van der Waals surface area contributed by atoms with Crippen LogP contribution in [0.1, 0.15) is 23.0 Å². The second-order valence-electron chi connectivity index (χ2n) is 5.58. The van der Waals surface area contributed by atoms with Gasteiger partial charge in [-0.2, -0.15) is 0 Å². The highest BCUT2D eigenvalue weighted by atomic mass is 16.5. The molecule has 26 heavy (non-hydrogen) atoms. The molecule has 0 N–H and O–H groups in total. The molecule has 0 fully saturated rings. The quantitative estimate of drug-likeness (QED) is 0.595. The van der Waals surface area contributed by atoms with Gasteiger partial charge in [-0.05, 0) is 49.4 Å². The number of Topliss-reactive ketones (excluding diaryl/α,β-unsaturated/α-hetero) is 1. The average Bonchev–Trinajstić information content (AvgIpc) is 3.15. The molecule has 134 valence electrons. The molecule has 1 heterocycles. The first kappa shape index (κ1) is 17.5. The summed E-state index contributed by atoms with van der Waals surface area (Å²) >= 11 is 0. The van der Waals surface area contributed by atoms with E-state index in [9.17, 15) is 4.79 Å². The van der Waals surface area contributed by atoms with Gasteiger partial charge in [0.05, 0.1) is 19.8 Å². The number of oxazole rings is 1. The van der Waals surface area contributed by atoms with E-state index in [4.69, 9.17) is 18.6 Å². The lowest BCUT2D eigenvalue weighted by Gasteiger charge is -2.10. The molecule has 3 rings (SSSR count). The van der Waals surface area contributed by atoms with Crippen molar-refractivity contribution in [2.45, 2.75) is 13.5 Å². The van der Waals surface area contributed by atoms with Crippen LogP contribution in [0.25, 0.3) is 11.5 Å². The van der Waals surface area contributed by atoms with Gasteiger partial charge in [-0.15, -0.1) is 0 Å². The molecular formula is C20H19NO5. The number of carbonyl (C=O) groups is 1. The lowest BCUT2D eigenvalue weighted by Crippen LogP contribution is -2.02. The maximum Gasteiger partial charge on any atom is 0.226 e. The van der Waals surface area contributed by atoms with Gasteiger partial charge in [0.2, 0.25) is 5.89 Å². The van der Waals surface area contributed by atoms with Crippen LogP contribution in [0, 0.1) is 0 Å². The van der Waals surface area contributed by atoms with Crippen LogP contribution < -0.4 is 14.2 Å². The summed E-state index contributed by atoms with van der Waals surface area (Å²) in [6, 6.07) is 12.5. The summed E-state index contributed by atoms with van der Waals surface area (Å²) in [5.41, 5.74) is 1.93. The molecule has 0 aliphatic heterocycles. The first-order valence-corrected chi connectivity index (χ1v) is 8.01. The van der Waals surface area contributed by atoms with E-state index in [1.807, 2.05) is 24.3 Å². The number of ether oxygens (including phenoxy) is 3. The molecule has 1 aromatic heterocycles. The standard InChI is InChI=1S/C20H19NO5/c1-13(22)18-10-17(24-3)8-9-19(18)25-11-15-12-26-20(21-15)14-4-6-16(23-2)7-5-14/h4-10,12H,11H2,1-3H3. The van der Waals surface area contributed by atoms with Crippen molar-refractivity contribution in [3.05, 3.63) is 60.0 Å². The lowest BCUT2D eigenvalue weighted by atomic mass is 10.1. The number of hydrogen-bond donors (Lipinski definition) is 0. The van der Waals surface area contributed by atoms with Crippen LogP contribution in [0.4, 0.5) is 0 Å². The van der Waals surface area contributed by atoms with Crippen LogP contribution >= 0.6 is 0 Å². The van der Waals surface area contributed by atoms with E-state index >= 15 is 0 Å². The number of benzene rings is 2. The summed E-state index contributed by atoms with van der Waals surface area (Å²) in [7, 11) is 3.17. The molecule has 0 aliphatic rings. The van der Waals surface area contributed by atoms with E-state index in [1.54, 1.807) is 32.4 Å². The SMILES string of the molecule is COc1ccc(-c2nc(COc3ccc(OC)cc3C(C)=O)co2)cc1. The number of nitrogens with zero attached hydrogens (tertiary/aromatic N) is 1. The third kappa shape index (κ3) is 3.85. The highest BCUT2D eigenvalue weighted by molar-refractivity contribution is 5.97. The molecule has 0 radical (unpaired) electrons. The molecule has 6 heteroatoms. The van der Waals surface area contributed by atoms with Crippen LogP contribution in [0.5, 0.6) is 17.2 Å². The molecule has 0 amide bonds. The third-order valence-corrected chi connectivity index (χ3v) is 3.83. The van der Waals surface area contributed by atoms with E-state index in [0.717, 1.165) is 11.3 Å². The Labute approximate surface area is 151 Å². The maximum atomic E-state index is 11.8. The average molecular weight is 353 g/mol. The Morgan fingerprint density at radius 1 is 1.04 bits per heavy atom. The van der Waals surface area contributed by atoms with Gasteiger partial charge < -0.3 is 18.6 Å². The maximum absolute atomic E-state index is 11.8. The van der Waals surface area contributed by atoms with Gasteiger partial charge in [-0.1, -0.05) is 0 Å². The van der Waals surface area contributed by atoms with E-state index in [1.165, 1.54) is 13.2 Å². The normalized spacial score (nSPS) is 10.4. The highest BCUT2D eigenvalue weighted by Crippen LogP contribution is 2.26. The number of hydrogen-bond acceptors (Lipinski definition) is 6. The zero-order valence-electron chi connectivity index (χ0n) is 14.8. The minimum Gasteiger partial charge on any atom is -0.497 e. The second kappa shape index (κ2) is 7.74. The molecule has 0 unspecified atom stereocenters. The van der Waals surface area contributed by atoms with Crippen LogP contribution in [-0.2, 0) is 6.61 Å². The van der Waals surface area contributed by atoms with Gasteiger partial charge in [0, 0.05) is 5.56 Å². The van der Waals surface area contributed by atoms with E-state index in [2.05, 4.69) is 4.98 Å². The van der Waals surface area contributed by atoms with Crippen molar-refractivity contribution < 1.29 is 23.4 Å². The topological polar surface area (TPSA) is 70.8 Å². The van der Waals surface area contributed by atoms with Crippen LogP contribution in [0.3, 0.4) is 0 Å². The number of carbonyl (C=O) groups excluding carboxylic acids is 1. The summed E-state index contributed by atoms with van der Waals surface area (Å²) in [5, 5.41) is 0. The Morgan fingerprint density at radius 2 is 1.73 bits per heavy atom. The molecule has 0 bridgehead atoms. The Hall–Kier alpha value is -3.28. The predicted molar refractivity (Wildman–Crippen MR) is 95.8 cm³/mol. The fourth-order valence-electron chi connectivity index (χ4n) is 2.43. The predicted octanol–water partition coefficient (Wildman–Crippen LogP) is 4.14. The Balaban J connectivity index is 1.73. The summed E-state index contributed by atoms with van der Waals surface area (Å²) in [5.74, 6) is 2.24. The van der Waals surface area contributed by atoms with Crippen LogP contribution in [0.2, 0.25) is 0 Å². The smallest absolute Gasteiger partial charge is 0.226 e. The van der Waals surface area contributed by atoms with Crippen LogP contribution in [-0.4, -0.2) is 25.0 Å². The van der Waals surface area contributed by atoms with Crippen molar-refractivity contribution in [2.75, 3.05) is 14.2 Å². The molecule has 3 aromatic rings. The Kier molecular flexibility index (Phi) is 5.22. The molecule has 0 atom stereocenters. The third-order valence-electron chi connectivity index (χ3n) is 3.83. The second-order valence-corrected chi connectivity index (χ2v) is 5.58. The van der Waals surface area contributed by atoms with Crippen molar-refractivity contribution in [1.29, 1.82) is 0 Å². The Bertz CT molecular complexity index is 899. The van der Waals surface area contributed by atoms with Crippen LogP contribution in [0.15, 0.2) is 53.1 Å². The van der Waals surface area contributed by atoms with E-state index < -0.39 is 0 Å². The highest BCUT2D eigenvalue weighted by Gasteiger charge is 2.12. The molecule has 6 nitrogen and oxygen atoms in total. The lowest BCUT2D eigenvalue weighted by molar-refractivity contribution is 0.101. The van der Waals surface area contributed by atoms with E-state index in [0.29, 0.717) is 28.6 Å². The first-order chi connectivity index (χ1) is 12.6. The number of aromatic nitrogens is 1. The summed E-state index contributed by atoms with van der Waals surface area (Å²) in [4.78, 5) is 16.2. The molecule has 0 aliphatic carbocycles. The summed E-state index contributed by atoms with van der Waals surface area (Å²) in [6.45, 7) is 1.67. The molecule has 2 aromatic carbocycles. The van der Waals surface area contributed by atoms with Gasteiger partial charge in [0.1, 0.15) is 35.8 Å². The monoisotopic (exact) mass is 353 g/mol. The van der Waals surface area contributed by atoms with Crippen molar-refractivity contribution in [2.24, 2.45) is 0 Å². The fourth-order valence-corrected chi connectivity index (χ4v) is 2.43. The molecular weight excluding hydrogens is 334 g/mol. The molecule has 0 saturated carbocycles. The first-order valence-electron chi connectivity index (χ1n) is 8.01. The minimum absolute atomic E-state index is 0.0991. The molecule has 0 spiro atoms. The van der Waals surface area contributed by atoms with Gasteiger partial charge in [-0.25, -0.2) is 4.98 Å². The summed E-state index contributed by atoms with van der Waals surface area (Å²) < 4.78 is 21.5. The zero-order chi connectivity index (χ0) is 18.5. The van der Waals surface area contributed by atoms with Crippen molar-refractivity contribution in [1.82, 2.24) is 4.98 Å². The van der Waals surface area contributed by atoms with E-state index in [-0.39, 0.29) is 12.4 Å².